The van der Waals surface area contributed by atoms with E-state index in [4.69, 9.17) is 0 Å². The minimum Gasteiger partial charge on any atom is -0.299 e. The van der Waals surface area contributed by atoms with Crippen molar-refractivity contribution in [3.8, 4) is 0 Å². The van der Waals surface area contributed by atoms with Crippen LogP contribution in [0.4, 0.5) is 0 Å². The van der Waals surface area contributed by atoms with Gasteiger partial charge in [0.1, 0.15) is 5.78 Å². The maximum atomic E-state index is 13.9. The minimum atomic E-state index is 0.00253. The van der Waals surface area contributed by atoms with Crippen molar-refractivity contribution in [3.05, 3.63) is 12.2 Å². The smallest absolute Gasteiger partial charge is 0.162 e. The fraction of sp³-hybridized carbons (Fsp3) is 0.867. The summed E-state index contributed by atoms with van der Waals surface area (Å²) in [4.78, 5) is 27.5. The van der Waals surface area contributed by atoms with Crippen LogP contribution in [0.15, 0.2) is 12.2 Å². The van der Waals surface area contributed by atoms with Gasteiger partial charge in [-0.25, -0.2) is 0 Å². The minimum absolute atomic E-state index is 0.00253. The van der Waals surface area contributed by atoms with E-state index in [0.717, 1.165) is 24.8 Å². The number of rotatable bonds is 2. The second kappa shape index (κ2) is 6.19. The van der Waals surface area contributed by atoms with Gasteiger partial charge in [0, 0.05) is 23.7 Å². The van der Waals surface area contributed by atoms with E-state index in [9.17, 15) is 9.59 Å². The highest BCUT2D eigenvalue weighted by molar-refractivity contribution is 6.02. The Labute approximate surface area is 195 Å². The molecule has 2 heteroatoms. The van der Waals surface area contributed by atoms with Crippen LogP contribution in [-0.2, 0) is 9.59 Å². The van der Waals surface area contributed by atoms with Gasteiger partial charge in [0.25, 0.3) is 0 Å². The molecule has 176 valence electrons. The standard InChI is InChI=1S/C30H44O2/c1-16-9-11-21-25-19(26(32)18(3)29(16,25)14-28(21,6)7)12-23-24(31)13-22-20-10-8-17(2)30(22,23)15-27(20,4)5/h16-17,19-23,25H,3,8-15H2,1-2,4-7H3/t16-,17-,19?,20-,21-,22-,23?,25-,29+,30-/m0/s1. The van der Waals surface area contributed by atoms with E-state index in [1.807, 2.05) is 0 Å². The molecule has 2 nitrogen and oxygen atoms in total. The van der Waals surface area contributed by atoms with Crippen LogP contribution in [0.3, 0.4) is 0 Å². The molecule has 6 saturated carbocycles. The second-order valence-corrected chi connectivity index (χ2v) is 14.7. The number of allylic oxidation sites excluding steroid dienone is 1. The van der Waals surface area contributed by atoms with Gasteiger partial charge in [0.05, 0.1) is 0 Å². The van der Waals surface area contributed by atoms with E-state index in [1.54, 1.807) is 0 Å². The molecule has 6 aliphatic rings. The monoisotopic (exact) mass is 436 g/mol. The summed E-state index contributed by atoms with van der Waals surface area (Å²) in [6.45, 7) is 19.1. The zero-order valence-electron chi connectivity index (χ0n) is 21.3. The van der Waals surface area contributed by atoms with Gasteiger partial charge in [-0.05, 0) is 102 Å². The highest BCUT2D eigenvalue weighted by atomic mass is 16.1. The Morgan fingerprint density at radius 3 is 2.19 bits per heavy atom. The molecule has 0 heterocycles. The van der Waals surface area contributed by atoms with Crippen molar-refractivity contribution in [1.82, 2.24) is 0 Å². The molecule has 0 amide bonds. The molecule has 6 aliphatic carbocycles. The van der Waals surface area contributed by atoms with Crippen LogP contribution in [-0.4, -0.2) is 11.6 Å². The number of carbonyl (C=O) groups is 2. The van der Waals surface area contributed by atoms with Gasteiger partial charge in [-0.3, -0.25) is 9.59 Å². The van der Waals surface area contributed by atoms with Gasteiger partial charge in [-0.1, -0.05) is 48.1 Å². The lowest BCUT2D eigenvalue weighted by atomic mass is 9.56. The molecule has 0 aromatic heterocycles. The first-order valence-electron chi connectivity index (χ1n) is 13.6. The molecule has 6 fully saturated rings. The van der Waals surface area contributed by atoms with Crippen LogP contribution in [0.2, 0.25) is 0 Å². The lowest BCUT2D eigenvalue weighted by Crippen LogP contribution is -2.43. The summed E-state index contributed by atoms with van der Waals surface area (Å²) in [6, 6.07) is 0. The summed E-state index contributed by atoms with van der Waals surface area (Å²) in [5.74, 6) is 4.41. The second-order valence-electron chi connectivity index (χ2n) is 14.7. The molecule has 4 bridgehead atoms. The lowest BCUT2D eigenvalue weighted by molar-refractivity contribution is -0.126. The fourth-order valence-corrected chi connectivity index (χ4v) is 11.8. The SMILES string of the molecule is C=C1C(=O)C(CC2C(=O)C[C@H]3[C@@H]4CC[C@H](C)[C@]23CC4(C)C)[C@H]2[C@@H]3CC[C@H](C)[C@]12CC3(C)C. The molecule has 10 atom stereocenters. The van der Waals surface area contributed by atoms with Gasteiger partial charge in [0.2, 0.25) is 0 Å². The first-order chi connectivity index (χ1) is 14.9. The molecule has 6 rings (SSSR count). The van der Waals surface area contributed by atoms with Crippen LogP contribution in [0, 0.1) is 69.0 Å². The van der Waals surface area contributed by atoms with Crippen molar-refractivity contribution in [1.29, 1.82) is 0 Å². The topological polar surface area (TPSA) is 34.1 Å². The first kappa shape index (κ1) is 21.6. The van der Waals surface area contributed by atoms with E-state index in [-0.39, 0.29) is 28.1 Å². The van der Waals surface area contributed by atoms with Crippen molar-refractivity contribution in [2.24, 2.45) is 69.0 Å². The van der Waals surface area contributed by atoms with Crippen LogP contribution >= 0.6 is 0 Å². The van der Waals surface area contributed by atoms with Crippen molar-refractivity contribution in [2.45, 2.75) is 92.9 Å². The molecular weight excluding hydrogens is 392 g/mol. The average molecular weight is 437 g/mol. The highest BCUT2D eigenvalue weighted by Crippen LogP contribution is 2.76. The predicted octanol–water partition coefficient (Wildman–Crippen LogP) is 6.88. The van der Waals surface area contributed by atoms with Crippen LogP contribution in [0.5, 0.6) is 0 Å². The number of ketones is 2. The van der Waals surface area contributed by atoms with Crippen molar-refractivity contribution in [3.63, 3.8) is 0 Å². The molecule has 0 saturated heterocycles. The summed E-state index contributed by atoms with van der Waals surface area (Å²) in [5.41, 5.74) is 1.70. The quantitative estimate of drug-likeness (QED) is 0.442. The van der Waals surface area contributed by atoms with Crippen molar-refractivity contribution in [2.75, 3.05) is 0 Å². The third-order valence-corrected chi connectivity index (χ3v) is 12.9. The Morgan fingerprint density at radius 2 is 1.47 bits per heavy atom. The first-order valence-corrected chi connectivity index (χ1v) is 13.6. The molecular formula is C30H44O2. The Hall–Kier alpha value is -0.920. The summed E-state index contributed by atoms with van der Waals surface area (Å²) >= 11 is 0. The number of hydrogen-bond donors (Lipinski definition) is 0. The molecule has 0 aromatic carbocycles. The normalized spacial score (nSPS) is 54.8. The van der Waals surface area contributed by atoms with E-state index in [1.165, 1.54) is 32.1 Å². The number of hydrogen-bond acceptors (Lipinski definition) is 2. The van der Waals surface area contributed by atoms with E-state index >= 15 is 0 Å². The van der Waals surface area contributed by atoms with Gasteiger partial charge < -0.3 is 0 Å². The molecule has 0 aromatic rings. The lowest BCUT2D eigenvalue weighted by Gasteiger charge is -2.47. The van der Waals surface area contributed by atoms with Gasteiger partial charge >= 0.3 is 0 Å². The number of Topliss-reactive ketones (excluding diaryl/α,β-unsaturated/α-hetero) is 2. The molecule has 0 N–H and O–H groups in total. The van der Waals surface area contributed by atoms with Gasteiger partial charge in [-0.2, -0.15) is 0 Å². The fourth-order valence-electron chi connectivity index (χ4n) is 11.8. The molecule has 0 aliphatic heterocycles. The van der Waals surface area contributed by atoms with Crippen LogP contribution in [0.1, 0.15) is 92.9 Å². The van der Waals surface area contributed by atoms with E-state index in [0.29, 0.717) is 52.5 Å². The maximum absolute atomic E-state index is 13.9. The van der Waals surface area contributed by atoms with Crippen molar-refractivity contribution < 1.29 is 9.59 Å². The Kier molecular flexibility index (Phi) is 4.18. The predicted molar refractivity (Wildman–Crippen MR) is 128 cm³/mol. The maximum Gasteiger partial charge on any atom is 0.162 e. The van der Waals surface area contributed by atoms with Crippen LogP contribution < -0.4 is 0 Å². The molecule has 32 heavy (non-hydrogen) atoms. The highest BCUT2D eigenvalue weighted by Gasteiger charge is 2.73. The average Bonchev–Trinajstić information content (AvgIpc) is 3.21. The largest absolute Gasteiger partial charge is 0.299 e. The van der Waals surface area contributed by atoms with Gasteiger partial charge in [0.15, 0.2) is 5.78 Å². The Balaban J connectivity index is 1.41. The summed E-state index contributed by atoms with van der Waals surface area (Å²) < 4.78 is 0. The third-order valence-electron chi connectivity index (χ3n) is 12.9. The Morgan fingerprint density at radius 1 is 0.844 bits per heavy atom. The number of carbonyl (C=O) groups excluding carboxylic acids is 2. The molecule has 0 spiro atoms. The molecule has 2 unspecified atom stereocenters. The molecule has 0 radical (unpaired) electrons. The summed E-state index contributed by atoms with van der Waals surface area (Å²) in [5, 5.41) is 0. The van der Waals surface area contributed by atoms with E-state index < -0.39 is 0 Å². The van der Waals surface area contributed by atoms with Crippen molar-refractivity contribution >= 4 is 11.6 Å². The third kappa shape index (κ3) is 2.24. The Bertz CT molecular complexity index is 910. The summed E-state index contributed by atoms with van der Waals surface area (Å²) in [7, 11) is 0. The zero-order valence-corrected chi connectivity index (χ0v) is 21.3. The van der Waals surface area contributed by atoms with Gasteiger partial charge in [-0.15, -0.1) is 0 Å². The zero-order chi connectivity index (χ0) is 23.0. The van der Waals surface area contributed by atoms with E-state index in [2.05, 4.69) is 48.1 Å². The van der Waals surface area contributed by atoms with Crippen LogP contribution in [0.25, 0.3) is 0 Å². The summed E-state index contributed by atoms with van der Waals surface area (Å²) in [6.07, 6.45) is 8.95.